The Labute approximate surface area is 145 Å². The third kappa shape index (κ3) is 2.33. The summed E-state index contributed by atoms with van der Waals surface area (Å²) < 4.78 is 6.09. The smallest absolute Gasteiger partial charge is 0.294 e. The summed E-state index contributed by atoms with van der Waals surface area (Å²) >= 11 is 0. The molecule has 0 radical (unpaired) electrons. The highest BCUT2D eigenvalue weighted by Gasteiger charge is 2.63. The zero-order valence-corrected chi connectivity index (χ0v) is 14.2. The van der Waals surface area contributed by atoms with Crippen LogP contribution in [0.1, 0.15) is 50.5 Å². The van der Waals surface area contributed by atoms with Crippen molar-refractivity contribution in [3.8, 4) is 5.75 Å². The molecular weight excluding hydrogens is 322 g/mol. The first kappa shape index (κ1) is 16.1. The van der Waals surface area contributed by atoms with Crippen molar-refractivity contribution in [3.63, 3.8) is 0 Å². The number of hydrogen-bond acceptors (Lipinski definition) is 5. The van der Waals surface area contributed by atoms with Gasteiger partial charge in [0.05, 0.1) is 11.8 Å². The van der Waals surface area contributed by atoms with Crippen molar-refractivity contribution in [1.29, 1.82) is 0 Å². The molecule has 2 aliphatic heterocycles. The number of para-hydroxylation sites is 1. The number of nitrogens with zero attached hydrogens (tertiary/aromatic N) is 3. The zero-order chi connectivity index (χ0) is 17.6. The summed E-state index contributed by atoms with van der Waals surface area (Å²) in [6, 6.07) is 7.27. The first-order valence-corrected chi connectivity index (χ1v) is 8.83. The lowest BCUT2D eigenvalue weighted by atomic mass is 9.80. The minimum absolute atomic E-state index is 0.0687. The first-order chi connectivity index (χ1) is 12.0. The zero-order valence-electron chi connectivity index (χ0n) is 14.2. The Morgan fingerprint density at radius 3 is 2.76 bits per heavy atom. The molecule has 1 aromatic rings. The minimum atomic E-state index is -1.37. The summed E-state index contributed by atoms with van der Waals surface area (Å²) in [4.78, 5) is 24.3. The largest absolute Gasteiger partial charge is 0.470 e. The van der Waals surface area contributed by atoms with Crippen LogP contribution >= 0.6 is 0 Å². The van der Waals surface area contributed by atoms with Gasteiger partial charge in [0.25, 0.3) is 5.91 Å². The summed E-state index contributed by atoms with van der Waals surface area (Å²) in [5, 5.41) is 17.4. The molecular formula is C18H21N3O4. The summed E-state index contributed by atoms with van der Waals surface area (Å²) in [5.41, 5.74) is -0.132. The van der Waals surface area contributed by atoms with Crippen molar-refractivity contribution in [2.45, 2.75) is 56.6 Å². The van der Waals surface area contributed by atoms with Crippen LogP contribution in [0, 0.1) is 10.1 Å². The van der Waals surface area contributed by atoms with Gasteiger partial charge in [0.1, 0.15) is 11.7 Å². The average molecular weight is 343 g/mol. The Bertz CT molecular complexity index is 756. The van der Waals surface area contributed by atoms with Crippen LogP contribution in [0.4, 0.5) is 0 Å². The maximum atomic E-state index is 13.4. The van der Waals surface area contributed by atoms with E-state index in [9.17, 15) is 14.9 Å². The predicted molar refractivity (Wildman–Crippen MR) is 91.2 cm³/mol. The molecule has 2 atom stereocenters. The highest BCUT2D eigenvalue weighted by atomic mass is 16.6. The number of nitro groups is 1. The molecule has 3 aliphatic rings. The van der Waals surface area contributed by atoms with Crippen molar-refractivity contribution >= 4 is 11.6 Å². The lowest BCUT2D eigenvalue weighted by Crippen LogP contribution is -2.55. The molecule has 1 spiro atoms. The number of carbonyl (C=O) groups excluding carboxylic acids is 1. The molecule has 0 saturated heterocycles. The lowest BCUT2D eigenvalue weighted by Gasteiger charge is -2.31. The maximum absolute atomic E-state index is 13.4. The number of amides is 1. The highest BCUT2D eigenvalue weighted by molar-refractivity contribution is 6.16. The quantitative estimate of drug-likeness (QED) is 0.624. The van der Waals surface area contributed by atoms with E-state index < -0.39 is 11.5 Å². The van der Waals surface area contributed by atoms with Crippen molar-refractivity contribution in [3.05, 3.63) is 39.9 Å². The second-order valence-electron chi connectivity index (χ2n) is 7.07. The molecule has 0 N–H and O–H groups in total. The second kappa shape index (κ2) is 5.82. The van der Waals surface area contributed by atoms with E-state index in [-0.39, 0.29) is 23.4 Å². The predicted octanol–water partition coefficient (Wildman–Crippen LogP) is 2.73. The van der Waals surface area contributed by atoms with E-state index in [4.69, 9.17) is 4.74 Å². The summed E-state index contributed by atoms with van der Waals surface area (Å²) in [6.45, 7) is 1.40. The topological polar surface area (TPSA) is 85.0 Å². The molecule has 25 heavy (non-hydrogen) atoms. The molecule has 7 nitrogen and oxygen atoms in total. The van der Waals surface area contributed by atoms with Gasteiger partial charge in [0, 0.05) is 10.5 Å². The van der Waals surface area contributed by atoms with Gasteiger partial charge >= 0.3 is 0 Å². The van der Waals surface area contributed by atoms with Gasteiger partial charge < -0.3 is 4.74 Å². The van der Waals surface area contributed by atoms with Gasteiger partial charge in [-0.2, -0.15) is 5.10 Å². The molecule has 7 heteroatoms. The van der Waals surface area contributed by atoms with Crippen molar-refractivity contribution in [2.75, 3.05) is 6.54 Å². The first-order valence-electron chi connectivity index (χ1n) is 8.83. The molecule has 1 aromatic carbocycles. The molecule has 0 bridgehead atoms. The molecule has 132 valence electrons. The van der Waals surface area contributed by atoms with E-state index in [1.54, 1.807) is 18.0 Å². The Kier molecular flexibility index (Phi) is 3.74. The van der Waals surface area contributed by atoms with E-state index in [1.165, 1.54) is 6.42 Å². The van der Waals surface area contributed by atoms with Crippen molar-refractivity contribution in [2.24, 2.45) is 5.10 Å². The lowest BCUT2D eigenvalue weighted by molar-refractivity contribution is -0.484. The number of ether oxygens (including phenoxy) is 1. The monoisotopic (exact) mass is 343 g/mol. The highest BCUT2D eigenvalue weighted by Crippen LogP contribution is 2.49. The molecule has 1 saturated carbocycles. The average Bonchev–Trinajstić information content (AvgIpc) is 3.06. The van der Waals surface area contributed by atoms with Gasteiger partial charge in [-0.15, -0.1) is 0 Å². The number of hydrogen-bond donors (Lipinski definition) is 0. The Morgan fingerprint density at radius 2 is 2.04 bits per heavy atom. The van der Waals surface area contributed by atoms with E-state index in [1.807, 2.05) is 18.2 Å². The van der Waals surface area contributed by atoms with Gasteiger partial charge in [0.2, 0.25) is 12.1 Å². The van der Waals surface area contributed by atoms with E-state index in [2.05, 4.69) is 5.10 Å². The minimum Gasteiger partial charge on any atom is -0.470 e. The molecule has 4 rings (SSSR count). The molecule has 1 aliphatic carbocycles. The third-order valence-electron chi connectivity index (χ3n) is 5.63. The van der Waals surface area contributed by atoms with Gasteiger partial charge in [-0.25, -0.2) is 5.01 Å². The maximum Gasteiger partial charge on any atom is 0.294 e. The summed E-state index contributed by atoms with van der Waals surface area (Å²) in [7, 11) is 0. The third-order valence-corrected chi connectivity index (χ3v) is 5.63. The number of rotatable bonds is 3. The fourth-order valence-corrected chi connectivity index (χ4v) is 4.40. The molecule has 0 aromatic heterocycles. The van der Waals surface area contributed by atoms with Gasteiger partial charge in [0.15, 0.2) is 0 Å². The molecule has 2 heterocycles. The summed E-state index contributed by atoms with van der Waals surface area (Å²) in [6.07, 6.45) is 5.18. The van der Waals surface area contributed by atoms with Crippen LogP contribution in [0.15, 0.2) is 29.4 Å². The summed E-state index contributed by atoms with van der Waals surface area (Å²) in [5.74, 6) is -0.355. The number of benzene rings is 1. The van der Waals surface area contributed by atoms with Gasteiger partial charge in [-0.05, 0) is 25.8 Å². The number of fused-ring (bicyclic) bond motifs is 1. The second-order valence-corrected chi connectivity index (χ2v) is 7.07. The molecule has 1 fully saturated rings. The van der Waals surface area contributed by atoms with Crippen LogP contribution in [0.2, 0.25) is 0 Å². The fourth-order valence-electron chi connectivity index (χ4n) is 4.40. The number of carbonyl (C=O) groups is 1. The van der Waals surface area contributed by atoms with E-state index >= 15 is 0 Å². The van der Waals surface area contributed by atoms with Crippen LogP contribution in [-0.4, -0.2) is 39.7 Å². The van der Waals surface area contributed by atoms with Crippen LogP contribution in [0.25, 0.3) is 0 Å². The SMILES string of the molecule is CC1=NN(C2CCCCC2)C(=O)[C@]12Oc1ccccc1[C@H]2C[N+](=O)[O-]. The fraction of sp³-hybridized carbons (Fsp3) is 0.556. The standard InChI is InChI=1S/C18H21N3O4/c1-12-18(17(22)21(19-12)13-7-3-2-4-8-13)15(11-20(23)24)14-9-5-6-10-16(14)25-18/h5-6,9-10,13,15H,2-4,7-8,11H2,1H3/t15-,18+/m1/s1. The van der Waals surface area contributed by atoms with Gasteiger partial charge in [-0.3, -0.25) is 14.9 Å². The van der Waals surface area contributed by atoms with Gasteiger partial charge in [-0.1, -0.05) is 37.5 Å². The Morgan fingerprint density at radius 1 is 1.32 bits per heavy atom. The van der Waals surface area contributed by atoms with Crippen molar-refractivity contribution < 1.29 is 14.5 Å². The normalized spacial score (nSPS) is 28.8. The van der Waals surface area contributed by atoms with E-state index in [0.717, 1.165) is 25.7 Å². The van der Waals surface area contributed by atoms with Crippen LogP contribution in [-0.2, 0) is 4.79 Å². The van der Waals surface area contributed by atoms with Crippen LogP contribution < -0.4 is 4.74 Å². The molecule has 1 amide bonds. The van der Waals surface area contributed by atoms with E-state index in [0.29, 0.717) is 17.0 Å². The van der Waals surface area contributed by atoms with Crippen LogP contribution in [0.5, 0.6) is 5.75 Å². The Hall–Kier alpha value is -2.44. The Balaban J connectivity index is 1.74. The van der Waals surface area contributed by atoms with Crippen molar-refractivity contribution in [1.82, 2.24) is 5.01 Å². The van der Waals surface area contributed by atoms with Crippen LogP contribution in [0.3, 0.4) is 0 Å². The number of hydrazone groups is 1. The molecule has 0 unspecified atom stereocenters.